The molecule has 1 aromatic carbocycles. The van der Waals surface area contributed by atoms with Crippen molar-refractivity contribution < 1.29 is 4.79 Å². The molecule has 152 valence electrons. The topological polar surface area (TPSA) is 75.4 Å². The maximum atomic E-state index is 12.3. The molecule has 0 bridgehead atoms. The Balaban J connectivity index is 1.49. The highest BCUT2D eigenvalue weighted by Gasteiger charge is 2.26. The summed E-state index contributed by atoms with van der Waals surface area (Å²) in [4.78, 5) is 14.5. The van der Waals surface area contributed by atoms with Gasteiger partial charge in [-0.1, -0.05) is 37.1 Å². The van der Waals surface area contributed by atoms with Crippen LogP contribution in [0.2, 0.25) is 5.02 Å². The van der Waals surface area contributed by atoms with Crippen LogP contribution in [-0.2, 0) is 4.79 Å². The Morgan fingerprint density at radius 2 is 1.97 bits per heavy atom. The molecule has 7 nitrogen and oxygen atoms in total. The second kappa shape index (κ2) is 8.78. The smallest absolute Gasteiger partial charge is 0.223 e. The maximum Gasteiger partial charge on any atom is 0.223 e. The number of unbranched alkanes of at least 4 members (excludes halogenated alkanes) is 1. The number of piperidine rings is 1. The van der Waals surface area contributed by atoms with Crippen LogP contribution in [0.3, 0.4) is 0 Å². The molecule has 0 spiro atoms. The molecule has 8 heteroatoms. The minimum atomic E-state index is 0.0837. The summed E-state index contributed by atoms with van der Waals surface area (Å²) in [6.45, 7) is 4.50. The summed E-state index contributed by atoms with van der Waals surface area (Å²) in [5, 5.41) is 16.9. The quantitative estimate of drug-likeness (QED) is 0.626. The fraction of sp³-hybridized carbons (Fsp3) is 0.429. The number of anilines is 1. The number of hydrogen-bond acceptors (Lipinski definition) is 5. The van der Waals surface area contributed by atoms with Crippen molar-refractivity contribution >= 4 is 29.0 Å². The molecule has 0 saturated carbocycles. The van der Waals surface area contributed by atoms with Crippen molar-refractivity contribution in [2.45, 2.75) is 32.6 Å². The molecule has 1 N–H and O–H groups in total. The van der Waals surface area contributed by atoms with Crippen molar-refractivity contribution in [3.63, 3.8) is 0 Å². The number of nitrogens with one attached hydrogen (secondary N) is 1. The van der Waals surface area contributed by atoms with Gasteiger partial charge in [-0.25, -0.2) is 0 Å². The van der Waals surface area contributed by atoms with Crippen molar-refractivity contribution in [2.24, 2.45) is 5.92 Å². The lowest BCUT2D eigenvalue weighted by Crippen LogP contribution is -2.41. The predicted molar refractivity (Wildman–Crippen MR) is 114 cm³/mol. The number of amides is 1. The molecule has 0 unspecified atom stereocenters. The van der Waals surface area contributed by atoms with Crippen LogP contribution in [-0.4, -0.2) is 45.4 Å². The molecule has 1 aliphatic heterocycles. The number of fused-ring (bicyclic) bond motifs is 1. The Morgan fingerprint density at radius 3 is 2.72 bits per heavy atom. The van der Waals surface area contributed by atoms with Crippen LogP contribution < -0.4 is 10.2 Å². The van der Waals surface area contributed by atoms with E-state index >= 15 is 0 Å². The molecule has 1 aliphatic rings. The van der Waals surface area contributed by atoms with Gasteiger partial charge in [-0.15, -0.1) is 15.3 Å². The number of hydrogen-bond donors (Lipinski definition) is 1. The largest absolute Gasteiger partial charge is 0.356 e. The van der Waals surface area contributed by atoms with Crippen LogP contribution in [0.25, 0.3) is 17.0 Å². The molecule has 1 saturated heterocycles. The summed E-state index contributed by atoms with van der Waals surface area (Å²) >= 11 is 6.34. The summed E-state index contributed by atoms with van der Waals surface area (Å²) in [6.07, 6.45) is 3.78. The molecular formula is C21H25ClN6O. The molecule has 4 rings (SSSR count). The van der Waals surface area contributed by atoms with E-state index < -0.39 is 0 Å². The first-order chi connectivity index (χ1) is 14.2. The van der Waals surface area contributed by atoms with Crippen molar-refractivity contribution in [1.29, 1.82) is 0 Å². The van der Waals surface area contributed by atoms with Gasteiger partial charge in [-0.3, -0.25) is 4.79 Å². The summed E-state index contributed by atoms with van der Waals surface area (Å²) < 4.78 is 1.74. The van der Waals surface area contributed by atoms with Crippen molar-refractivity contribution in [1.82, 2.24) is 25.1 Å². The molecule has 0 radical (unpaired) electrons. The lowest BCUT2D eigenvalue weighted by atomic mass is 9.96. The van der Waals surface area contributed by atoms with E-state index in [9.17, 15) is 4.79 Å². The van der Waals surface area contributed by atoms with E-state index in [2.05, 4.69) is 27.3 Å². The number of halogens is 1. The van der Waals surface area contributed by atoms with Gasteiger partial charge in [0, 0.05) is 31.1 Å². The van der Waals surface area contributed by atoms with E-state index in [0.29, 0.717) is 16.5 Å². The van der Waals surface area contributed by atoms with Crippen LogP contribution in [0.15, 0.2) is 36.4 Å². The van der Waals surface area contributed by atoms with Crippen LogP contribution in [0.4, 0.5) is 5.82 Å². The van der Waals surface area contributed by atoms with Crippen LogP contribution in [0, 0.1) is 5.92 Å². The summed E-state index contributed by atoms with van der Waals surface area (Å²) in [6, 6.07) is 11.4. The Labute approximate surface area is 175 Å². The van der Waals surface area contributed by atoms with E-state index in [4.69, 9.17) is 16.7 Å². The fourth-order valence-electron chi connectivity index (χ4n) is 3.66. The van der Waals surface area contributed by atoms with Gasteiger partial charge in [-0.05, 0) is 43.5 Å². The molecular weight excluding hydrogens is 388 g/mol. The minimum Gasteiger partial charge on any atom is -0.356 e. The SMILES string of the molecule is CCCCNC(=O)C1CCN(c2ccc3nnc(-c4ccccc4Cl)n3n2)CC1. The average Bonchev–Trinajstić information content (AvgIpc) is 3.17. The summed E-state index contributed by atoms with van der Waals surface area (Å²) in [5.41, 5.74) is 1.47. The average molecular weight is 413 g/mol. The predicted octanol–water partition coefficient (Wildman–Crippen LogP) is 3.58. The van der Waals surface area contributed by atoms with Crippen LogP contribution in [0.1, 0.15) is 32.6 Å². The van der Waals surface area contributed by atoms with E-state index in [-0.39, 0.29) is 11.8 Å². The number of carbonyl (C=O) groups excluding carboxylic acids is 1. The van der Waals surface area contributed by atoms with Gasteiger partial charge in [0.1, 0.15) is 5.82 Å². The van der Waals surface area contributed by atoms with Gasteiger partial charge in [-0.2, -0.15) is 4.52 Å². The zero-order valence-corrected chi connectivity index (χ0v) is 17.3. The van der Waals surface area contributed by atoms with Crippen molar-refractivity contribution in [3.8, 4) is 11.4 Å². The van der Waals surface area contributed by atoms with Gasteiger partial charge < -0.3 is 10.2 Å². The van der Waals surface area contributed by atoms with E-state index in [1.807, 2.05) is 36.4 Å². The van der Waals surface area contributed by atoms with Crippen LogP contribution in [0.5, 0.6) is 0 Å². The number of benzene rings is 1. The first-order valence-electron chi connectivity index (χ1n) is 10.2. The highest BCUT2D eigenvalue weighted by Crippen LogP contribution is 2.27. The van der Waals surface area contributed by atoms with E-state index in [1.165, 1.54) is 0 Å². The minimum absolute atomic E-state index is 0.0837. The molecule has 3 heterocycles. The molecule has 2 aromatic heterocycles. The number of aromatic nitrogens is 4. The highest BCUT2D eigenvalue weighted by atomic mass is 35.5. The number of nitrogens with zero attached hydrogens (tertiary/aromatic N) is 5. The second-order valence-electron chi connectivity index (χ2n) is 7.37. The first-order valence-corrected chi connectivity index (χ1v) is 10.5. The molecule has 0 aliphatic carbocycles. The lowest BCUT2D eigenvalue weighted by Gasteiger charge is -2.32. The molecule has 29 heavy (non-hydrogen) atoms. The van der Waals surface area contributed by atoms with Crippen LogP contribution >= 0.6 is 11.6 Å². The zero-order valence-electron chi connectivity index (χ0n) is 16.5. The lowest BCUT2D eigenvalue weighted by molar-refractivity contribution is -0.125. The third-order valence-corrected chi connectivity index (χ3v) is 5.71. The zero-order chi connectivity index (χ0) is 20.2. The number of rotatable bonds is 6. The van der Waals surface area contributed by atoms with E-state index in [1.54, 1.807) is 4.52 Å². The maximum absolute atomic E-state index is 12.3. The third-order valence-electron chi connectivity index (χ3n) is 5.38. The van der Waals surface area contributed by atoms with Gasteiger partial charge in [0.2, 0.25) is 5.91 Å². The van der Waals surface area contributed by atoms with E-state index in [0.717, 1.165) is 56.7 Å². The molecule has 0 atom stereocenters. The third kappa shape index (κ3) is 4.19. The molecule has 3 aromatic rings. The van der Waals surface area contributed by atoms with Gasteiger partial charge >= 0.3 is 0 Å². The molecule has 1 amide bonds. The van der Waals surface area contributed by atoms with Gasteiger partial charge in [0.25, 0.3) is 0 Å². The molecule has 1 fully saturated rings. The van der Waals surface area contributed by atoms with Gasteiger partial charge in [0.05, 0.1) is 5.02 Å². The number of carbonyl (C=O) groups is 1. The van der Waals surface area contributed by atoms with Crippen molar-refractivity contribution in [3.05, 3.63) is 41.4 Å². The Hall–Kier alpha value is -2.67. The normalized spacial score (nSPS) is 15.0. The first kappa shape index (κ1) is 19.6. The Kier molecular flexibility index (Phi) is 5.94. The second-order valence-corrected chi connectivity index (χ2v) is 7.78. The van der Waals surface area contributed by atoms with Crippen molar-refractivity contribution in [2.75, 3.05) is 24.5 Å². The monoisotopic (exact) mass is 412 g/mol. The fourth-order valence-corrected chi connectivity index (χ4v) is 3.88. The Morgan fingerprint density at radius 1 is 1.17 bits per heavy atom. The summed E-state index contributed by atoms with van der Waals surface area (Å²) in [5.74, 6) is 1.75. The highest BCUT2D eigenvalue weighted by molar-refractivity contribution is 6.33. The Bertz CT molecular complexity index is 996. The van der Waals surface area contributed by atoms with Gasteiger partial charge in [0.15, 0.2) is 11.5 Å². The standard InChI is InChI=1S/C21H25ClN6O/c1-2-3-12-23-21(29)15-10-13-27(14-11-15)19-9-8-18-24-25-20(28(18)26-19)16-6-4-5-7-17(16)22/h4-9,15H,2-3,10-14H2,1H3,(H,23,29). The summed E-state index contributed by atoms with van der Waals surface area (Å²) in [7, 11) is 0.